The van der Waals surface area contributed by atoms with Crippen molar-refractivity contribution in [1.82, 2.24) is 0 Å². The van der Waals surface area contributed by atoms with Crippen LogP contribution >= 0.6 is 0 Å². The molecule has 0 amide bonds. The molecule has 0 aromatic heterocycles. The van der Waals surface area contributed by atoms with Crippen LogP contribution in [0.2, 0.25) is 0 Å². The van der Waals surface area contributed by atoms with Gasteiger partial charge in [0.25, 0.3) is 0 Å². The number of hydrogen-bond acceptors (Lipinski definition) is 8. The molecule has 0 aromatic carbocycles. The smallest absolute Gasteiger partial charge is 0.324 e. The summed E-state index contributed by atoms with van der Waals surface area (Å²) in [5.74, 6) is -2.51. The van der Waals surface area contributed by atoms with Gasteiger partial charge in [-0.3, -0.25) is 14.4 Å². The van der Waals surface area contributed by atoms with Crippen molar-refractivity contribution in [3.8, 4) is 0 Å². The molecule has 0 spiro atoms. The lowest BCUT2D eigenvalue weighted by Gasteiger charge is -2.36. The summed E-state index contributed by atoms with van der Waals surface area (Å²) in [5.41, 5.74) is -4.01. The molecule has 8 heteroatoms. The third-order valence-corrected chi connectivity index (χ3v) is 6.92. The number of esters is 3. The van der Waals surface area contributed by atoms with Crippen LogP contribution in [0.5, 0.6) is 0 Å². The normalized spacial score (nSPS) is 34.5. The Bertz CT molecular complexity index is 718. The number of ether oxygens (including phenoxy) is 3. The Kier molecular flexibility index (Phi) is 5.74. The molecule has 2 aliphatic carbocycles. The highest BCUT2D eigenvalue weighted by Crippen LogP contribution is 2.63. The molecule has 1 aliphatic heterocycles. The number of carbonyl (C=O) groups excluding carboxylic acids is 3. The molecule has 3 aliphatic rings. The average molecular weight is 427 g/mol. The molecule has 0 radical (unpaired) electrons. The van der Waals surface area contributed by atoms with Gasteiger partial charge in [-0.15, -0.1) is 0 Å². The molecule has 2 N–H and O–H groups in total. The first-order valence-electron chi connectivity index (χ1n) is 10.8. The Morgan fingerprint density at radius 3 is 2.43 bits per heavy atom. The van der Waals surface area contributed by atoms with Crippen molar-refractivity contribution < 1.29 is 38.8 Å². The lowest BCUT2D eigenvalue weighted by Crippen LogP contribution is -2.50. The van der Waals surface area contributed by atoms with Gasteiger partial charge in [-0.25, -0.2) is 0 Å². The molecule has 2 bridgehead atoms. The van der Waals surface area contributed by atoms with Gasteiger partial charge < -0.3 is 24.4 Å². The van der Waals surface area contributed by atoms with Crippen LogP contribution in [0.4, 0.5) is 0 Å². The van der Waals surface area contributed by atoms with Crippen LogP contribution in [0.1, 0.15) is 67.2 Å². The van der Waals surface area contributed by atoms with Crippen molar-refractivity contribution in [2.45, 2.75) is 96.7 Å². The summed E-state index contributed by atoms with van der Waals surface area (Å²) in [6.07, 6.45) is -0.769. The van der Waals surface area contributed by atoms with Gasteiger partial charge in [-0.2, -0.15) is 0 Å². The molecular weight excluding hydrogens is 392 g/mol. The van der Waals surface area contributed by atoms with Gasteiger partial charge in [-0.05, 0) is 47.0 Å². The number of carbonyl (C=O) groups is 3. The first-order chi connectivity index (χ1) is 13.7. The van der Waals surface area contributed by atoms with Gasteiger partial charge in [-0.1, -0.05) is 13.8 Å². The maximum atomic E-state index is 13.2. The SMILES string of the molecule is CCC(C)C(=O)OC1C2CC3C1OC(=O)C3(C(=O)OC(CC(C)(C)O)C(C)(C)O)C2. The fourth-order valence-electron chi connectivity index (χ4n) is 4.97. The van der Waals surface area contributed by atoms with Gasteiger partial charge in [0.05, 0.1) is 17.1 Å². The van der Waals surface area contributed by atoms with E-state index in [-0.39, 0.29) is 30.6 Å². The van der Waals surface area contributed by atoms with Crippen molar-refractivity contribution in [1.29, 1.82) is 0 Å². The molecule has 3 fully saturated rings. The summed E-state index contributed by atoms with van der Waals surface area (Å²) in [6, 6.07) is 0. The largest absolute Gasteiger partial charge is 0.458 e. The molecule has 1 saturated heterocycles. The molecule has 170 valence electrons. The van der Waals surface area contributed by atoms with Gasteiger partial charge in [0.1, 0.15) is 18.3 Å². The van der Waals surface area contributed by atoms with Gasteiger partial charge in [0.15, 0.2) is 5.41 Å². The van der Waals surface area contributed by atoms with Crippen LogP contribution in [0.3, 0.4) is 0 Å². The molecule has 30 heavy (non-hydrogen) atoms. The maximum Gasteiger partial charge on any atom is 0.324 e. The highest BCUT2D eigenvalue weighted by atomic mass is 16.6. The highest BCUT2D eigenvalue weighted by molar-refractivity contribution is 6.03. The number of rotatable bonds is 8. The van der Waals surface area contributed by atoms with Crippen molar-refractivity contribution >= 4 is 17.9 Å². The Hall–Kier alpha value is -1.67. The van der Waals surface area contributed by atoms with E-state index in [2.05, 4.69) is 0 Å². The standard InChI is InChI=1S/C22H34O8/c1-7-11(2)17(23)29-15-12-8-13-16(15)30-19(25)22(13,9-12)18(24)28-14(21(5,6)27)10-20(3,4)26/h11-16,26-27H,7-10H2,1-6H3. The molecular formula is C22H34O8. The minimum absolute atomic E-state index is 0.0139. The lowest BCUT2D eigenvalue weighted by atomic mass is 9.73. The second-order valence-electron chi connectivity index (χ2n) is 10.4. The van der Waals surface area contributed by atoms with Crippen LogP contribution in [0.15, 0.2) is 0 Å². The van der Waals surface area contributed by atoms with Crippen molar-refractivity contribution in [2.75, 3.05) is 0 Å². The average Bonchev–Trinajstić information content (AvgIpc) is 3.20. The quantitative estimate of drug-likeness (QED) is 0.342. The monoisotopic (exact) mass is 426 g/mol. The summed E-state index contributed by atoms with van der Waals surface area (Å²) in [7, 11) is 0. The maximum absolute atomic E-state index is 13.2. The zero-order valence-corrected chi connectivity index (χ0v) is 18.6. The molecule has 3 rings (SSSR count). The zero-order chi connectivity index (χ0) is 22.6. The molecule has 2 saturated carbocycles. The van der Waals surface area contributed by atoms with Gasteiger partial charge in [0.2, 0.25) is 0 Å². The van der Waals surface area contributed by atoms with Crippen LogP contribution < -0.4 is 0 Å². The second-order valence-corrected chi connectivity index (χ2v) is 10.4. The summed E-state index contributed by atoms with van der Waals surface area (Å²) < 4.78 is 16.8. The van der Waals surface area contributed by atoms with E-state index in [1.807, 2.05) is 6.92 Å². The first kappa shape index (κ1) is 23.0. The van der Waals surface area contributed by atoms with Crippen LogP contribution in [-0.4, -0.2) is 57.6 Å². The van der Waals surface area contributed by atoms with Crippen molar-refractivity contribution in [2.24, 2.45) is 23.2 Å². The summed E-state index contributed by atoms with van der Waals surface area (Å²) in [6.45, 7) is 9.80. The van der Waals surface area contributed by atoms with E-state index < -0.39 is 52.8 Å². The van der Waals surface area contributed by atoms with E-state index in [9.17, 15) is 24.6 Å². The molecule has 8 nitrogen and oxygen atoms in total. The topological polar surface area (TPSA) is 119 Å². The van der Waals surface area contributed by atoms with E-state index in [1.165, 1.54) is 13.8 Å². The van der Waals surface area contributed by atoms with Crippen LogP contribution in [-0.2, 0) is 28.6 Å². The Labute approximate surface area is 177 Å². The Morgan fingerprint density at radius 2 is 1.90 bits per heavy atom. The predicted molar refractivity (Wildman–Crippen MR) is 105 cm³/mol. The molecule has 7 atom stereocenters. The van der Waals surface area contributed by atoms with E-state index >= 15 is 0 Å². The molecule has 7 unspecified atom stereocenters. The van der Waals surface area contributed by atoms with Crippen molar-refractivity contribution in [3.63, 3.8) is 0 Å². The molecule has 0 aromatic rings. The van der Waals surface area contributed by atoms with Crippen LogP contribution in [0, 0.1) is 23.2 Å². The number of fused-ring (bicyclic) bond motifs is 1. The zero-order valence-electron chi connectivity index (χ0n) is 18.6. The van der Waals surface area contributed by atoms with Gasteiger partial charge >= 0.3 is 17.9 Å². The Morgan fingerprint density at radius 1 is 1.27 bits per heavy atom. The first-order valence-corrected chi connectivity index (χ1v) is 10.8. The van der Waals surface area contributed by atoms with Gasteiger partial charge in [0, 0.05) is 18.3 Å². The highest BCUT2D eigenvalue weighted by Gasteiger charge is 2.75. The predicted octanol–water partition coefficient (Wildman–Crippen LogP) is 1.74. The fourth-order valence-corrected chi connectivity index (χ4v) is 4.97. The summed E-state index contributed by atoms with van der Waals surface area (Å²) in [4.78, 5) is 38.3. The Balaban J connectivity index is 1.78. The minimum atomic E-state index is -1.43. The number of aliphatic hydroxyl groups is 2. The summed E-state index contributed by atoms with van der Waals surface area (Å²) in [5, 5.41) is 20.6. The third kappa shape index (κ3) is 3.84. The summed E-state index contributed by atoms with van der Waals surface area (Å²) >= 11 is 0. The lowest BCUT2D eigenvalue weighted by molar-refractivity contribution is -0.183. The third-order valence-electron chi connectivity index (χ3n) is 6.92. The number of hydrogen-bond donors (Lipinski definition) is 2. The van der Waals surface area contributed by atoms with E-state index in [0.29, 0.717) is 12.8 Å². The van der Waals surface area contributed by atoms with Crippen LogP contribution in [0.25, 0.3) is 0 Å². The minimum Gasteiger partial charge on any atom is -0.458 e. The second kappa shape index (κ2) is 7.48. The van der Waals surface area contributed by atoms with E-state index in [4.69, 9.17) is 14.2 Å². The van der Waals surface area contributed by atoms with E-state index in [0.717, 1.165) is 0 Å². The van der Waals surface area contributed by atoms with E-state index in [1.54, 1.807) is 20.8 Å². The van der Waals surface area contributed by atoms with Crippen molar-refractivity contribution in [3.05, 3.63) is 0 Å². The fraction of sp³-hybridized carbons (Fsp3) is 0.864. The molecule has 1 heterocycles.